The molecule has 0 aliphatic heterocycles. The van der Waals surface area contributed by atoms with Crippen LogP contribution in [0.4, 0.5) is 0 Å². The van der Waals surface area contributed by atoms with Gasteiger partial charge < -0.3 is 4.90 Å². The highest BCUT2D eigenvalue weighted by atomic mass is 16.2. The maximum Gasteiger partial charge on any atom is 0.222 e. The molecule has 2 nitrogen and oxygen atoms in total. The Bertz CT molecular complexity index is 270. The summed E-state index contributed by atoms with van der Waals surface area (Å²) >= 11 is 0. The number of amides is 1. The minimum Gasteiger partial charge on any atom is -0.349 e. The van der Waals surface area contributed by atoms with Crippen molar-refractivity contribution in [2.75, 3.05) is 14.1 Å². The van der Waals surface area contributed by atoms with E-state index in [0.29, 0.717) is 6.42 Å². The van der Waals surface area contributed by atoms with Crippen molar-refractivity contribution in [1.82, 2.24) is 4.90 Å². The van der Waals surface area contributed by atoms with Crippen LogP contribution in [0.1, 0.15) is 46.5 Å². The fourth-order valence-electron chi connectivity index (χ4n) is 1.36. The van der Waals surface area contributed by atoms with E-state index >= 15 is 0 Å². The van der Waals surface area contributed by atoms with Crippen molar-refractivity contribution >= 4 is 5.91 Å². The Morgan fingerprint density at radius 1 is 1.00 bits per heavy atom. The van der Waals surface area contributed by atoms with Gasteiger partial charge in [-0.2, -0.15) is 0 Å². The summed E-state index contributed by atoms with van der Waals surface area (Å²) in [6.45, 7) is 6.38. The molecule has 16 heavy (non-hydrogen) atoms. The van der Waals surface area contributed by atoms with E-state index in [4.69, 9.17) is 0 Å². The van der Waals surface area contributed by atoms with Gasteiger partial charge in [-0.1, -0.05) is 23.3 Å². The Labute approximate surface area is 100 Å². The lowest BCUT2D eigenvalue weighted by atomic mass is 10.1. The van der Waals surface area contributed by atoms with Crippen molar-refractivity contribution in [2.24, 2.45) is 0 Å². The van der Waals surface area contributed by atoms with Gasteiger partial charge in [0, 0.05) is 20.5 Å². The van der Waals surface area contributed by atoms with Gasteiger partial charge in [0.2, 0.25) is 5.91 Å². The lowest BCUT2D eigenvalue weighted by molar-refractivity contribution is -0.128. The van der Waals surface area contributed by atoms with E-state index in [1.165, 1.54) is 11.1 Å². The Hall–Kier alpha value is -1.05. The second-order valence-electron chi connectivity index (χ2n) is 4.70. The van der Waals surface area contributed by atoms with Crippen molar-refractivity contribution in [1.29, 1.82) is 0 Å². The Kier molecular flexibility index (Phi) is 7.61. The molecule has 0 rings (SSSR count). The highest BCUT2D eigenvalue weighted by molar-refractivity contribution is 5.75. The largest absolute Gasteiger partial charge is 0.349 e. The number of rotatable bonds is 6. The first-order chi connectivity index (χ1) is 7.43. The molecule has 0 unspecified atom stereocenters. The monoisotopic (exact) mass is 223 g/mol. The number of allylic oxidation sites excluding steroid dienone is 4. The number of hydrogen-bond donors (Lipinski definition) is 0. The Morgan fingerprint density at radius 2 is 1.56 bits per heavy atom. The first-order valence-electron chi connectivity index (χ1n) is 5.92. The molecular formula is C14H25NO. The fraction of sp³-hybridized carbons (Fsp3) is 0.643. The van der Waals surface area contributed by atoms with Gasteiger partial charge in [-0.05, 0) is 40.0 Å². The van der Waals surface area contributed by atoms with E-state index in [9.17, 15) is 4.79 Å². The van der Waals surface area contributed by atoms with Gasteiger partial charge in [-0.25, -0.2) is 0 Å². The van der Waals surface area contributed by atoms with Crippen molar-refractivity contribution in [2.45, 2.75) is 46.5 Å². The molecule has 0 aromatic rings. The van der Waals surface area contributed by atoms with Crippen LogP contribution in [-0.4, -0.2) is 24.9 Å². The fourth-order valence-corrected chi connectivity index (χ4v) is 1.36. The second-order valence-corrected chi connectivity index (χ2v) is 4.70. The predicted octanol–water partition coefficient (Wildman–Crippen LogP) is 3.55. The first kappa shape index (κ1) is 14.9. The summed E-state index contributed by atoms with van der Waals surface area (Å²) in [5, 5.41) is 0. The van der Waals surface area contributed by atoms with E-state index < -0.39 is 0 Å². The Morgan fingerprint density at radius 3 is 2.06 bits per heavy atom. The van der Waals surface area contributed by atoms with Crippen LogP contribution < -0.4 is 0 Å². The quantitative estimate of drug-likeness (QED) is 0.631. The van der Waals surface area contributed by atoms with Crippen molar-refractivity contribution in [3.05, 3.63) is 23.3 Å². The zero-order valence-electron chi connectivity index (χ0n) is 11.3. The average Bonchev–Trinajstić information content (AvgIpc) is 2.16. The van der Waals surface area contributed by atoms with E-state index in [1.807, 2.05) is 0 Å². The SMILES string of the molecule is CC(C)=CCC/C(C)=C/CCC(=O)N(C)C. The summed E-state index contributed by atoms with van der Waals surface area (Å²) in [6.07, 6.45) is 8.11. The first-order valence-corrected chi connectivity index (χ1v) is 5.92. The standard InChI is InChI=1S/C14H25NO/c1-12(2)8-6-9-13(3)10-7-11-14(16)15(4)5/h8,10H,6-7,9,11H2,1-5H3/b13-10+. The van der Waals surface area contributed by atoms with Crippen LogP contribution in [0, 0.1) is 0 Å². The molecule has 0 aliphatic carbocycles. The third-order valence-corrected chi connectivity index (χ3v) is 2.44. The number of carbonyl (C=O) groups is 1. The molecule has 2 heteroatoms. The van der Waals surface area contributed by atoms with Crippen LogP contribution in [0.3, 0.4) is 0 Å². The highest BCUT2D eigenvalue weighted by Gasteiger charge is 2.01. The molecule has 0 spiro atoms. The molecule has 0 fully saturated rings. The van der Waals surface area contributed by atoms with E-state index in [1.54, 1.807) is 19.0 Å². The van der Waals surface area contributed by atoms with E-state index in [2.05, 4.69) is 32.9 Å². The van der Waals surface area contributed by atoms with Gasteiger partial charge in [0.1, 0.15) is 0 Å². The second kappa shape index (κ2) is 8.14. The number of hydrogen-bond acceptors (Lipinski definition) is 1. The minimum absolute atomic E-state index is 0.202. The lowest BCUT2D eigenvalue weighted by Crippen LogP contribution is -2.20. The summed E-state index contributed by atoms with van der Waals surface area (Å²) in [5.41, 5.74) is 2.75. The molecule has 0 bridgehead atoms. The molecule has 0 radical (unpaired) electrons. The molecule has 0 aromatic carbocycles. The third-order valence-electron chi connectivity index (χ3n) is 2.44. The summed E-state index contributed by atoms with van der Waals surface area (Å²) < 4.78 is 0. The van der Waals surface area contributed by atoms with Gasteiger partial charge in [0.05, 0.1) is 0 Å². The van der Waals surface area contributed by atoms with E-state index in [0.717, 1.165) is 19.3 Å². The van der Waals surface area contributed by atoms with Crippen LogP contribution in [0.25, 0.3) is 0 Å². The summed E-state index contributed by atoms with van der Waals surface area (Å²) in [6, 6.07) is 0. The van der Waals surface area contributed by atoms with Crippen molar-refractivity contribution in [3.63, 3.8) is 0 Å². The third kappa shape index (κ3) is 8.27. The van der Waals surface area contributed by atoms with E-state index in [-0.39, 0.29) is 5.91 Å². The van der Waals surface area contributed by atoms with Gasteiger partial charge in [-0.3, -0.25) is 4.79 Å². The summed E-state index contributed by atoms with van der Waals surface area (Å²) in [4.78, 5) is 13.0. The van der Waals surface area contributed by atoms with Crippen LogP contribution >= 0.6 is 0 Å². The molecular weight excluding hydrogens is 198 g/mol. The van der Waals surface area contributed by atoms with Gasteiger partial charge in [0.25, 0.3) is 0 Å². The maximum absolute atomic E-state index is 11.3. The topological polar surface area (TPSA) is 20.3 Å². The molecule has 0 aliphatic rings. The predicted molar refractivity (Wildman–Crippen MR) is 70.4 cm³/mol. The molecule has 0 aromatic heterocycles. The smallest absolute Gasteiger partial charge is 0.222 e. The van der Waals surface area contributed by atoms with Crippen LogP contribution in [0.15, 0.2) is 23.3 Å². The highest BCUT2D eigenvalue weighted by Crippen LogP contribution is 2.08. The molecule has 1 amide bonds. The van der Waals surface area contributed by atoms with Gasteiger partial charge in [0.15, 0.2) is 0 Å². The van der Waals surface area contributed by atoms with Crippen molar-refractivity contribution in [3.8, 4) is 0 Å². The lowest BCUT2D eigenvalue weighted by Gasteiger charge is -2.08. The zero-order valence-corrected chi connectivity index (χ0v) is 11.3. The number of nitrogens with zero attached hydrogens (tertiary/aromatic N) is 1. The molecule has 0 atom stereocenters. The van der Waals surface area contributed by atoms with Crippen molar-refractivity contribution < 1.29 is 4.79 Å². The normalized spacial score (nSPS) is 11.2. The Balaban J connectivity index is 3.79. The van der Waals surface area contributed by atoms with Crippen LogP contribution in [0.5, 0.6) is 0 Å². The zero-order chi connectivity index (χ0) is 12.6. The summed E-state index contributed by atoms with van der Waals surface area (Å²) in [5.74, 6) is 0.202. The van der Waals surface area contributed by atoms with Gasteiger partial charge >= 0.3 is 0 Å². The molecule has 92 valence electrons. The minimum atomic E-state index is 0.202. The molecule has 0 N–H and O–H groups in total. The molecule has 0 heterocycles. The molecule has 0 saturated carbocycles. The number of carbonyl (C=O) groups excluding carboxylic acids is 1. The van der Waals surface area contributed by atoms with Crippen LogP contribution in [-0.2, 0) is 4.79 Å². The van der Waals surface area contributed by atoms with Crippen LogP contribution in [0.2, 0.25) is 0 Å². The molecule has 0 saturated heterocycles. The average molecular weight is 223 g/mol. The van der Waals surface area contributed by atoms with Gasteiger partial charge in [-0.15, -0.1) is 0 Å². The summed E-state index contributed by atoms with van der Waals surface area (Å²) in [7, 11) is 3.60. The maximum atomic E-state index is 11.3.